The Balaban J connectivity index is 4.37. The van der Waals surface area contributed by atoms with Gasteiger partial charge in [-0.05, 0) is 70.6 Å². The molecule has 392 valence electrons. The Hall–Kier alpha value is -2.37. The average molecular weight is 942 g/mol. The zero-order chi connectivity index (χ0) is 48.6. The molecule has 0 fully saturated rings. The standard InChI is InChI=1S/C61H112O6/c1-4-7-10-13-16-19-22-25-28-30-31-34-36-39-42-45-48-51-54-60(63)66-57-58(56-65-59(62)53-50-47-44-41-38-35-32-27-24-21-18-15-12-9-6-3)67-61(64)55-52-49-46-43-40-37-33-29-26-23-20-17-14-11-8-5-2/h21,24,29,33,37,40,58H,4-20,22-23,25-28,30-32,34-36,38-39,41-57H2,1-3H3/b24-21-,33-29-,40-37-. The predicted molar refractivity (Wildman–Crippen MR) is 289 cm³/mol. The first-order valence-corrected chi connectivity index (χ1v) is 29.5. The van der Waals surface area contributed by atoms with Crippen LogP contribution in [0.4, 0.5) is 0 Å². The molecule has 6 heteroatoms. The van der Waals surface area contributed by atoms with Gasteiger partial charge in [-0.15, -0.1) is 0 Å². The Bertz CT molecular complexity index is 1130. The third-order valence-electron chi connectivity index (χ3n) is 13.1. The number of carbonyl (C=O) groups is 3. The van der Waals surface area contributed by atoms with E-state index >= 15 is 0 Å². The van der Waals surface area contributed by atoms with Crippen molar-refractivity contribution in [2.75, 3.05) is 13.2 Å². The first kappa shape index (κ1) is 64.6. The summed E-state index contributed by atoms with van der Waals surface area (Å²) in [6.07, 6.45) is 67.1. The Morgan fingerprint density at radius 2 is 0.537 bits per heavy atom. The van der Waals surface area contributed by atoms with E-state index < -0.39 is 6.10 Å². The topological polar surface area (TPSA) is 78.9 Å². The summed E-state index contributed by atoms with van der Waals surface area (Å²) in [7, 11) is 0. The summed E-state index contributed by atoms with van der Waals surface area (Å²) in [6, 6.07) is 0. The van der Waals surface area contributed by atoms with Crippen molar-refractivity contribution in [1.29, 1.82) is 0 Å². The predicted octanol–water partition coefficient (Wildman–Crippen LogP) is 19.7. The molecule has 0 aliphatic carbocycles. The molecule has 0 aromatic carbocycles. The summed E-state index contributed by atoms with van der Waals surface area (Å²) in [5, 5.41) is 0. The molecule has 0 rings (SSSR count). The molecule has 1 atom stereocenters. The highest BCUT2D eigenvalue weighted by atomic mass is 16.6. The van der Waals surface area contributed by atoms with Crippen molar-refractivity contribution < 1.29 is 28.6 Å². The molecular weight excluding hydrogens is 829 g/mol. The molecule has 0 bridgehead atoms. The van der Waals surface area contributed by atoms with Crippen LogP contribution >= 0.6 is 0 Å². The molecule has 0 saturated carbocycles. The fourth-order valence-electron chi connectivity index (χ4n) is 8.67. The zero-order valence-corrected chi connectivity index (χ0v) is 44.9. The number of unbranched alkanes of at least 4 members (excludes halogenated alkanes) is 38. The molecule has 1 unspecified atom stereocenters. The summed E-state index contributed by atoms with van der Waals surface area (Å²) < 4.78 is 16.9. The number of hydrogen-bond acceptors (Lipinski definition) is 6. The van der Waals surface area contributed by atoms with Gasteiger partial charge < -0.3 is 14.2 Å². The maximum absolute atomic E-state index is 12.8. The zero-order valence-electron chi connectivity index (χ0n) is 44.9. The lowest BCUT2D eigenvalue weighted by Gasteiger charge is -2.18. The van der Waals surface area contributed by atoms with E-state index in [0.29, 0.717) is 19.3 Å². The van der Waals surface area contributed by atoms with Crippen molar-refractivity contribution >= 4 is 17.9 Å². The smallest absolute Gasteiger partial charge is 0.306 e. The average Bonchev–Trinajstić information content (AvgIpc) is 3.33. The molecule has 0 amide bonds. The Labute approximate surface area is 416 Å². The van der Waals surface area contributed by atoms with Crippen molar-refractivity contribution in [1.82, 2.24) is 0 Å². The van der Waals surface area contributed by atoms with Crippen LogP contribution in [0.25, 0.3) is 0 Å². The van der Waals surface area contributed by atoms with Gasteiger partial charge in [0, 0.05) is 19.3 Å². The van der Waals surface area contributed by atoms with Crippen molar-refractivity contribution in [2.24, 2.45) is 0 Å². The number of ether oxygens (including phenoxy) is 3. The molecule has 0 N–H and O–H groups in total. The van der Waals surface area contributed by atoms with E-state index in [1.807, 2.05) is 0 Å². The van der Waals surface area contributed by atoms with Gasteiger partial charge in [0.2, 0.25) is 0 Å². The molecule has 0 aromatic rings. The second kappa shape index (κ2) is 56.2. The Kier molecular flexibility index (Phi) is 54.2. The number of carbonyl (C=O) groups excluding carboxylic acids is 3. The summed E-state index contributed by atoms with van der Waals surface area (Å²) in [4.78, 5) is 38.2. The molecule has 0 radical (unpaired) electrons. The minimum atomic E-state index is -0.785. The second-order valence-corrected chi connectivity index (χ2v) is 19.9. The second-order valence-electron chi connectivity index (χ2n) is 19.9. The maximum atomic E-state index is 12.8. The van der Waals surface area contributed by atoms with Crippen LogP contribution in [0.5, 0.6) is 0 Å². The Morgan fingerprint density at radius 1 is 0.299 bits per heavy atom. The van der Waals surface area contributed by atoms with E-state index in [0.717, 1.165) is 70.6 Å². The van der Waals surface area contributed by atoms with Crippen LogP contribution in [0.1, 0.15) is 316 Å². The molecule has 6 nitrogen and oxygen atoms in total. The highest BCUT2D eigenvalue weighted by molar-refractivity contribution is 5.71. The molecule has 0 aromatic heterocycles. The highest BCUT2D eigenvalue weighted by Crippen LogP contribution is 2.16. The van der Waals surface area contributed by atoms with Gasteiger partial charge in [-0.25, -0.2) is 0 Å². The maximum Gasteiger partial charge on any atom is 0.306 e. The van der Waals surface area contributed by atoms with Gasteiger partial charge in [-0.1, -0.05) is 263 Å². The summed E-state index contributed by atoms with van der Waals surface area (Å²) in [6.45, 7) is 6.64. The van der Waals surface area contributed by atoms with Gasteiger partial charge >= 0.3 is 17.9 Å². The van der Waals surface area contributed by atoms with Crippen molar-refractivity contribution in [3.8, 4) is 0 Å². The van der Waals surface area contributed by atoms with Crippen molar-refractivity contribution in [3.63, 3.8) is 0 Å². The van der Waals surface area contributed by atoms with Crippen LogP contribution < -0.4 is 0 Å². The summed E-state index contributed by atoms with van der Waals surface area (Å²) in [5.41, 5.74) is 0. The van der Waals surface area contributed by atoms with Gasteiger partial charge in [-0.2, -0.15) is 0 Å². The van der Waals surface area contributed by atoms with E-state index in [9.17, 15) is 14.4 Å². The number of hydrogen-bond donors (Lipinski definition) is 0. The van der Waals surface area contributed by atoms with Crippen molar-refractivity contribution in [3.05, 3.63) is 36.5 Å². The van der Waals surface area contributed by atoms with Gasteiger partial charge in [0.05, 0.1) is 0 Å². The van der Waals surface area contributed by atoms with E-state index in [2.05, 4.69) is 57.2 Å². The number of esters is 3. The lowest BCUT2D eigenvalue weighted by atomic mass is 10.0. The van der Waals surface area contributed by atoms with Crippen LogP contribution in [0, 0.1) is 0 Å². The fraction of sp³-hybridized carbons (Fsp3) is 0.852. The largest absolute Gasteiger partial charge is 0.462 e. The van der Waals surface area contributed by atoms with Gasteiger partial charge in [0.1, 0.15) is 13.2 Å². The first-order chi connectivity index (χ1) is 33.0. The van der Waals surface area contributed by atoms with Crippen LogP contribution in [0.3, 0.4) is 0 Å². The summed E-state index contributed by atoms with van der Waals surface area (Å²) >= 11 is 0. The minimum Gasteiger partial charge on any atom is -0.462 e. The van der Waals surface area contributed by atoms with Crippen LogP contribution in [0.2, 0.25) is 0 Å². The normalized spacial score (nSPS) is 12.2. The minimum absolute atomic E-state index is 0.0804. The fourth-order valence-corrected chi connectivity index (χ4v) is 8.67. The molecule has 67 heavy (non-hydrogen) atoms. The SMILES string of the molecule is CCCCCC/C=C\CCCCCCCCCC(=O)OCC(COC(=O)CCCCCCCCCCCCCCCCCCCC)OC(=O)CCCCC/C=C\C=C/CCCCCCCCC. The third-order valence-corrected chi connectivity index (χ3v) is 13.1. The molecule has 0 aliphatic heterocycles. The molecule has 0 heterocycles. The first-order valence-electron chi connectivity index (χ1n) is 29.5. The summed E-state index contributed by atoms with van der Waals surface area (Å²) in [5.74, 6) is -0.893. The van der Waals surface area contributed by atoms with Crippen molar-refractivity contribution in [2.45, 2.75) is 322 Å². The number of allylic oxidation sites excluding steroid dienone is 6. The van der Waals surface area contributed by atoms with E-state index in [1.165, 1.54) is 205 Å². The quantitative estimate of drug-likeness (QED) is 0.0199. The van der Waals surface area contributed by atoms with E-state index in [4.69, 9.17) is 14.2 Å². The van der Waals surface area contributed by atoms with Crippen LogP contribution in [-0.2, 0) is 28.6 Å². The van der Waals surface area contributed by atoms with E-state index in [-0.39, 0.29) is 31.1 Å². The highest BCUT2D eigenvalue weighted by Gasteiger charge is 2.19. The monoisotopic (exact) mass is 941 g/mol. The van der Waals surface area contributed by atoms with Crippen LogP contribution in [0.15, 0.2) is 36.5 Å². The molecule has 0 aliphatic rings. The van der Waals surface area contributed by atoms with Crippen LogP contribution in [-0.4, -0.2) is 37.2 Å². The van der Waals surface area contributed by atoms with Gasteiger partial charge in [0.15, 0.2) is 6.10 Å². The lowest BCUT2D eigenvalue weighted by molar-refractivity contribution is -0.167. The molecular formula is C61H112O6. The lowest BCUT2D eigenvalue weighted by Crippen LogP contribution is -2.30. The van der Waals surface area contributed by atoms with Gasteiger partial charge in [0.25, 0.3) is 0 Å². The number of rotatable bonds is 54. The molecule has 0 spiro atoms. The van der Waals surface area contributed by atoms with E-state index in [1.54, 1.807) is 0 Å². The molecule has 0 saturated heterocycles. The third kappa shape index (κ3) is 54.4. The Morgan fingerprint density at radius 3 is 0.866 bits per heavy atom. The van der Waals surface area contributed by atoms with Gasteiger partial charge in [-0.3, -0.25) is 14.4 Å².